The minimum Gasteiger partial charge on any atom is -0.466 e. The van der Waals surface area contributed by atoms with Gasteiger partial charge in [0, 0.05) is 26.7 Å². The van der Waals surface area contributed by atoms with Crippen molar-refractivity contribution in [3.63, 3.8) is 0 Å². The van der Waals surface area contributed by atoms with Crippen molar-refractivity contribution < 1.29 is 55.7 Å². The molecule has 1 saturated carbocycles. The van der Waals surface area contributed by atoms with Crippen molar-refractivity contribution in [1.82, 2.24) is 9.34 Å². The van der Waals surface area contributed by atoms with Gasteiger partial charge in [0.1, 0.15) is 34.6 Å². The zero-order valence-electron chi connectivity index (χ0n) is 27.7. The van der Waals surface area contributed by atoms with Crippen LogP contribution in [0.25, 0.3) is 0 Å². The first-order chi connectivity index (χ1) is 20.0. The van der Waals surface area contributed by atoms with Crippen LogP contribution in [0.1, 0.15) is 82.1 Å². The Bertz CT molecular complexity index is 1160. The number of fused-ring (bicyclic) bond motifs is 2. The summed E-state index contributed by atoms with van der Waals surface area (Å²) in [5.41, 5.74) is -4.21. The molecule has 14 nitrogen and oxygen atoms in total. The summed E-state index contributed by atoms with van der Waals surface area (Å²) < 4.78 is 60.9. The first kappa shape index (κ1) is 34.3. The van der Waals surface area contributed by atoms with Gasteiger partial charge < -0.3 is 14.2 Å². The number of carbonyl (C=O) groups is 3. The average molecular weight is 667 g/mol. The molecule has 4 saturated heterocycles. The van der Waals surface area contributed by atoms with Gasteiger partial charge in [-0.15, -0.1) is 0 Å². The molecule has 0 aromatic carbocycles. The van der Waals surface area contributed by atoms with Gasteiger partial charge in [-0.1, -0.05) is 9.34 Å². The van der Waals surface area contributed by atoms with Crippen molar-refractivity contribution in [2.45, 2.75) is 128 Å². The Morgan fingerprint density at radius 1 is 0.659 bits per heavy atom. The lowest BCUT2D eigenvalue weighted by Gasteiger charge is -2.43. The first-order valence-corrected chi connectivity index (χ1v) is 18.0. The van der Waals surface area contributed by atoms with Crippen LogP contribution in [0.4, 0.5) is 0 Å². The lowest BCUT2D eigenvalue weighted by atomic mass is 9.79. The van der Waals surface area contributed by atoms with Crippen LogP contribution in [0.5, 0.6) is 0 Å². The highest BCUT2D eigenvalue weighted by atomic mass is 31.2. The second-order valence-corrected chi connectivity index (χ2v) is 19.0. The van der Waals surface area contributed by atoms with Gasteiger partial charge in [-0.3, -0.25) is 9.59 Å². The Morgan fingerprint density at radius 3 is 1.45 bits per heavy atom. The maximum absolute atomic E-state index is 13.4. The van der Waals surface area contributed by atoms with Gasteiger partial charge in [0.25, 0.3) is 0 Å². The lowest BCUT2D eigenvalue weighted by molar-refractivity contribution is -0.209. The van der Waals surface area contributed by atoms with Crippen molar-refractivity contribution >= 4 is 34.1 Å². The topological polar surface area (TPSA) is 141 Å². The SMILES string of the molecule is COC(=O)[C@]1(OC(C)=O)CC(O[P+]23OC(C)(C)CN2CC(C)(C)O3)C(O[P+]23OC(C)(C)CN2CC(C)(C)O3)[C@H](OC(C)=O)C1. The smallest absolute Gasteiger partial charge is 0.466 e. The van der Waals surface area contributed by atoms with Gasteiger partial charge in [-0.2, -0.15) is 27.1 Å². The van der Waals surface area contributed by atoms with E-state index in [0.717, 1.165) is 0 Å². The summed E-state index contributed by atoms with van der Waals surface area (Å²) in [5, 5.41) is 0. The van der Waals surface area contributed by atoms with Crippen molar-refractivity contribution in [3.05, 3.63) is 0 Å². The van der Waals surface area contributed by atoms with E-state index in [2.05, 4.69) is 9.34 Å². The minimum absolute atomic E-state index is 0.183. The number of esters is 3. The molecule has 44 heavy (non-hydrogen) atoms. The van der Waals surface area contributed by atoms with Crippen LogP contribution in [0.15, 0.2) is 0 Å². The van der Waals surface area contributed by atoms with Crippen molar-refractivity contribution in [3.8, 4) is 0 Å². The van der Waals surface area contributed by atoms with E-state index in [9.17, 15) is 14.4 Å². The van der Waals surface area contributed by atoms with Crippen molar-refractivity contribution in [2.75, 3.05) is 33.3 Å². The molecule has 250 valence electrons. The Labute approximate surface area is 260 Å². The van der Waals surface area contributed by atoms with E-state index in [-0.39, 0.29) is 12.8 Å². The molecule has 0 aromatic heterocycles. The summed E-state index contributed by atoms with van der Waals surface area (Å²) in [5.74, 6) is -2.14. The third-order valence-electron chi connectivity index (χ3n) is 7.93. The number of methoxy groups -OCH3 is 1. The van der Waals surface area contributed by atoms with E-state index in [1.54, 1.807) is 0 Å². The van der Waals surface area contributed by atoms with Crippen molar-refractivity contribution in [2.24, 2.45) is 0 Å². The number of hydrogen-bond acceptors (Lipinski definition) is 14. The predicted molar refractivity (Wildman–Crippen MR) is 159 cm³/mol. The summed E-state index contributed by atoms with van der Waals surface area (Å²) in [6.07, 6.45) is -3.62. The summed E-state index contributed by atoms with van der Waals surface area (Å²) >= 11 is 0. The van der Waals surface area contributed by atoms with Crippen LogP contribution >= 0.6 is 16.2 Å². The monoisotopic (exact) mass is 666 g/mol. The number of rotatable bonds is 7. The third kappa shape index (κ3) is 6.54. The standard InChI is InChI=1S/C28H48N2O12P2/c1-18(31)35-20-12-28(23(33)34-11,36-19(2)32)13-21(37-43-29(14-24(3,4)39-43)15-25(5,6)40-43)22(20)38-44-30(16-26(7,8)41-44)17-27(9,10)42-44/h20-22H,12-17H2,1-11H3/q+2/t20-,21?,22?,28-/m1/s1. The molecule has 4 aliphatic heterocycles. The predicted octanol–water partition coefficient (Wildman–Crippen LogP) is 4.15. The Morgan fingerprint density at radius 2 is 1.07 bits per heavy atom. The van der Waals surface area contributed by atoms with Gasteiger partial charge in [0.15, 0.2) is 6.10 Å². The van der Waals surface area contributed by atoms with Crippen LogP contribution in [-0.2, 0) is 55.7 Å². The quantitative estimate of drug-likeness (QED) is 0.218. The normalized spacial score (nSPS) is 35.9. The molecule has 0 bridgehead atoms. The van der Waals surface area contributed by atoms with E-state index >= 15 is 0 Å². The largest absolute Gasteiger partial charge is 0.506 e. The Balaban J connectivity index is 1.61. The Kier molecular flexibility index (Phi) is 8.58. The van der Waals surface area contributed by atoms with Crippen LogP contribution < -0.4 is 0 Å². The van der Waals surface area contributed by atoms with Gasteiger partial charge in [-0.05, 0) is 55.4 Å². The minimum atomic E-state index is -3.24. The van der Waals surface area contributed by atoms with E-state index in [1.807, 2.05) is 55.4 Å². The molecule has 0 spiro atoms. The second kappa shape index (κ2) is 11.0. The molecule has 16 heteroatoms. The molecule has 0 N–H and O–H groups in total. The summed E-state index contributed by atoms with van der Waals surface area (Å²) in [4.78, 5) is 38.4. The fourth-order valence-electron chi connectivity index (χ4n) is 6.91. The summed E-state index contributed by atoms with van der Waals surface area (Å²) in [6, 6.07) is 0. The van der Waals surface area contributed by atoms with Gasteiger partial charge in [-0.25, -0.2) is 4.79 Å². The molecule has 5 rings (SSSR count). The van der Waals surface area contributed by atoms with E-state index < -0.39 is 80.4 Å². The summed E-state index contributed by atoms with van der Waals surface area (Å²) in [7, 11) is -5.24. The fourth-order valence-corrected chi connectivity index (χ4v) is 13.8. The molecular weight excluding hydrogens is 618 g/mol. The molecule has 4 heterocycles. The Hall–Kier alpha value is -1.05. The molecule has 1 aliphatic carbocycles. The van der Waals surface area contributed by atoms with Gasteiger partial charge in [0.05, 0.1) is 33.3 Å². The molecule has 0 radical (unpaired) electrons. The molecule has 5 aliphatic rings. The first-order valence-electron chi connectivity index (χ1n) is 15.0. The zero-order valence-corrected chi connectivity index (χ0v) is 29.5. The number of hydrogen-bond donors (Lipinski definition) is 0. The van der Waals surface area contributed by atoms with Crippen LogP contribution in [0.2, 0.25) is 0 Å². The molecule has 0 amide bonds. The number of carbonyl (C=O) groups excluding carboxylic acids is 3. The molecule has 2 unspecified atom stereocenters. The fraction of sp³-hybridized carbons (Fsp3) is 0.893. The van der Waals surface area contributed by atoms with Gasteiger partial charge >= 0.3 is 34.1 Å². The lowest BCUT2D eigenvalue weighted by Crippen LogP contribution is -2.60. The maximum Gasteiger partial charge on any atom is 0.506 e. The van der Waals surface area contributed by atoms with Gasteiger partial charge in [0.2, 0.25) is 5.60 Å². The molecule has 5 fully saturated rings. The third-order valence-corrected chi connectivity index (χ3v) is 13.8. The van der Waals surface area contributed by atoms with E-state index in [4.69, 9.17) is 41.4 Å². The van der Waals surface area contributed by atoms with Crippen LogP contribution in [-0.4, -0.2) is 107 Å². The highest BCUT2D eigenvalue weighted by molar-refractivity contribution is 7.60. The van der Waals surface area contributed by atoms with E-state index in [1.165, 1.54) is 21.0 Å². The maximum atomic E-state index is 13.4. The summed E-state index contributed by atoms with van der Waals surface area (Å²) in [6.45, 7) is 20.3. The van der Waals surface area contributed by atoms with Crippen LogP contribution in [0, 0.1) is 0 Å². The van der Waals surface area contributed by atoms with E-state index in [0.29, 0.717) is 26.2 Å². The van der Waals surface area contributed by atoms with Crippen LogP contribution in [0.3, 0.4) is 0 Å². The molecule has 4 atom stereocenters. The second-order valence-electron chi connectivity index (χ2n) is 14.8. The molecule has 0 aromatic rings. The average Bonchev–Trinajstić information content (AvgIpc) is 3.37. The highest BCUT2D eigenvalue weighted by Gasteiger charge is 2.77. The highest BCUT2D eigenvalue weighted by Crippen LogP contribution is 2.80. The van der Waals surface area contributed by atoms with Crippen molar-refractivity contribution in [1.29, 1.82) is 0 Å². The number of ether oxygens (including phenoxy) is 3. The molecular formula is C28H48N2O12P2+2. The zero-order chi connectivity index (χ0) is 32.7. The number of nitrogens with zero attached hydrogens (tertiary/aromatic N) is 2.